The molecule has 1 aliphatic rings. The maximum atomic E-state index is 12.4. The van der Waals surface area contributed by atoms with E-state index in [-0.39, 0.29) is 23.5 Å². The third-order valence-corrected chi connectivity index (χ3v) is 4.33. The van der Waals surface area contributed by atoms with Gasteiger partial charge in [-0.1, -0.05) is 48.5 Å². The smallest absolute Gasteiger partial charge is 0.226 e. The molecular formula is C22H21NO4. The fraction of sp³-hybridized carbons (Fsp3) is 0.227. The minimum Gasteiger partial charge on any atom is -0.489 e. The summed E-state index contributed by atoms with van der Waals surface area (Å²) in [6.07, 6.45) is 4.37. The molecule has 1 aliphatic heterocycles. The molecule has 1 fully saturated rings. The first-order valence-corrected chi connectivity index (χ1v) is 8.90. The number of nitrogens with one attached hydrogen (secondary N) is 1. The van der Waals surface area contributed by atoms with Gasteiger partial charge in [-0.15, -0.1) is 0 Å². The lowest BCUT2D eigenvalue weighted by molar-refractivity contribution is -0.134. The van der Waals surface area contributed by atoms with Crippen molar-refractivity contribution in [2.45, 2.75) is 25.9 Å². The van der Waals surface area contributed by atoms with Crippen molar-refractivity contribution in [2.24, 2.45) is 5.92 Å². The van der Waals surface area contributed by atoms with Crippen LogP contribution in [0.15, 0.2) is 66.7 Å². The Hall–Kier alpha value is -3.21. The number of carbonyl (C=O) groups excluding carboxylic acids is 3. The molecule has 2 aromatic rings. The number of imide groups is 1. The van der Waals surface area contributed by atoms with E-state index in [2.05, 4.69) is 5.32 Å². The molecule has 0 spiro atoms. The lowest BCUT2D eigenvalue weighted by Crippen LogP contribution is -2.38. The number of hydrogen-bond donors (Lipinski definition) is 1. The van der Waals surface area contributed by atoms with E-state index in [0.29, 0.717) is 37.2 Å². The van der Waals surface area contributed by atoms with E-state index >= 15 is 0 Å². The summed E-state index contributed by atoms with van der Waals surface area (Å²) in [6.45, 7) is 0.437. The van der Waals surface area contributed by atoms with E-state index in [1.807, 2.05) is 36.4 Å². The van der Waals surface area contributed by atoms with Crippen LogP contribution in [0.4, 0.5) is 0 Å². The first-order valence-electron chi connectivity index (χ1n) is 8.90. The third kappa shape index (κ3) is 5.64. The van der Waals surface area contributed by atoms with Crippen LogP contribution < -0.4 is 10.1 Å². The molecule has 27 heavy (non-hydrogen) atoms. The Bertz CT molecular complexity index is 842. The molecule has 0 atom stereocenters. The van der Waals surface area contributed by atoms with Gasteiger partial charge >= 0.3 is 0 Å². The van der Waals surface area contributed by atoms with Crippen molar-refractivity contribution in [1.29, 1.82) is 0 Å². The first kappa shape index (κ1) is 18.6. The zero-order chi connectivity index (χ0) is 19.1. The zero-order valence-corrected chi connectivity index (χ0v) is 14.9. The molecule has 0 radical (unpaired) electrons. The lowest BCUT2D eigenvalue weighted by atomic mass is 9.93. The Kier molecular flexibility index (Phi) is 6.15. The summed E-state index contributed by atoms with van der Waals surface area (Å²) in [5, 5.41) is 2.28. The van der Waals surface area contributed by atoms with Gasteiger partial charge in [-0.3, -0.25) is 19.7 Å². The van der Waals surface area contributed by atoms with Crippen LogP contribution in [0.25, 0.3) is 0 Å². The predicted octanol–water partition coefficient (Wildman–Crippen LogP) is 3.45. The van der Waals surface area contributed by atoms with E-state index in [0.717, 1.165) is 5.56 Å². The van der Waals surface area contributed by atoms with Crippen LogP contribution in [0.5, 0.6) is 5.75 Å². The highest BCUT2D eigenvalue weighted by Gasteiger charge is 2.23. The zero-order valence-electron chi connectivity index (χ0n) is 14.9. The van der Waals surface area contributed by atoms with Crippen molar-refractivity contribution >= 4 is 17.6 Å². The predicted molar refractivity (Wildman–Crippen MR) is 101 cm³/mol. The van der Waals surface area contributed by atoms with Crippen molar-refractivity contribution in [3.05, 3.63) is 77.9 Å². The van der Waals surface area contributed by atoms with Crippen LogP contribution in [-0.2, 0) is 16.2 Å². The molecule has 138 valence electrons. The molecule has 1 heterocycles. The summed E-state index contributed by atoms with van der Waals surface area (Å²) in [5.74, 6) is -0.0475. The highest BCUT2D eigenvalue weighted by molar-refractivity contribution is 6.04. The monoisotopic (exact) mass is 363 g/mol. The minimum absolute atomic E-state index is 0.0455. The topological polar surface area (TPSA) is 72.5 Å². The Morgan fingerprint density at radius 3 is 2.52 bits per heavy atom. The number of carbonyl (C=O) groups is 3. The summed E-state index contributed by atoms with van der Waals surface area (Å²) < 4.78 is 5.75. The van der Waals surface area contributed by atoms with Crippen LogP contribution in [0.3, 0.4) is 0 Å². The fourth-order valence-electron chi connectivity index (χ4n) is 2.96. The van der Waals surface area contributed by atoms with Gasteiger partial charge in [-0.2, -0.15) is 0 Å². The van der Waals surface area contributed by atoms with Crippen LogP contribution in [0.1, 0.15) is 35.2 Å². The standard InChI is InChI=1S/C22H21NO4/c24-20(11-4-8-17-12-21(25)23-22(26)13-17)18-9-5-10-19(14-18)27-15-16-6-2-1-3-7-16/h1-7,9-11,14,17H,8,12-13,15H2,(H,23,25,26)/b11-4+. The number of amides is 2. The first-order chi connectivity index (χ1) is 13.1. The highest BCUT2D eigenvalue weighted by atomic mass is 16.5. The molecule has 2 amide bonds. The molecule has 0 unspecified atom stereocenters. The van der Waals surface area contributed by atoms with Crippen LogP contribution >= 0.6 is 0 Å². The maximum absolute atomic E-state index is 12.4. The molecular weight excluding hydrogens is 342 g/mol. The molecule has 0 bridgehead atoms. The number of ether oxygens (including phenoxy) is 1. The number of rotatable bonds is 7. The SMILES string of the molecule is O=C1CC(C/C=C/C(=O)c2cccc(OCc3ccccc3)c2)CC(=O)N1. The Balaban J connectivity index is 1.55. The summed E-state index contributed by atoms with van der Waals surface area (Å²) in [7, 11) is 0. The van der Waals surface area contributed by atoms with Gasteiger partial charge in [-0.05, 0) is 36.1 Å². The quantitative estimate of drug-likeness (QED) is 0.465. The number of benzene rings is 2. The average Bonchev–Trinajstić information content (AvgIpc) is 2.66. The van der Waals surface area contributed by atoms with Crippen LogP contribution in [-0.4, -0.2) is 17.6 Å². The van der Waals surface area contributed by atoms with Gasteiger partial charge in [0.05, 0.1) is 0 Å². The Morgan fingerprint density at radius 1 is 1.04 bits per heavy atom. The Morgan fingerprint density at radius 2 is 1.78 bits per heavy atom. The minimum atomic E-state index is -0.251. The van der Waals surface area contributed by atoms with E-state index in [1.165, 1.54) is 6.08 Å². The van der Waals surface area contributed by atoms with Crippen molar-refractivity contribution < 1.29 is 19.1 Å². The summed E-state index contributed by atoms with van der Waals surface area (Å²) in [6, 6.07) is 16.9. The van der Waals surface area contributed by atoms with E-state index in [4.69, 9.17) is 4.74 Å². The maximum Gasteiger partial charge on any atom is 0.226 e. The Labute approximate surface area is 158 Å². The molecule has 2 aromatic carbocycles. The van der Waals surface area contributed by atoms with Gasteiger partial charge in [-0.25, -0.2) is 0 Å². The van der Waals surface area contributed by atoms with Gasteiger partial charge in [0.2, 0.25) is 11.8 Å². The summed E-state index contributed by atoms with van der Waals surface area (Å²) in [5.41, 5.74) is 1.59. The second-order valence-electron chi connectivity index (χ2n) is 6.55. The number of allylic oxidation sites excluding steroid dienone is 2. The van der Waals surface area contributed by atoms with Crippen molar-refractivity contribution in [2.75, 3.05) is 0 Å². The van der Waals surface area contributed by atoms with Gasteiger partial charge in [0, 0.05) is 18.4 Å². The van der Waals surface area contributed by atoms with Crippen molar-refractivity contribution in [3.63, 3.8) is 0 Å². The fourth-order valence-corrected chi connectivity index (χ4v) is 2.96. The van der Waals surface area contributed by atoms with Gasteiger partial charge < -0.3 is 4.74 Å². The number of hydrogen-bond acceptors (Lipinski definition) is 4. The largest absolute Gasteiger partial charge is 0.489 e. The van der Waals surface area contributed by atoms with Crippen molar-refractivity contribution in [3.8, 4) is 5.75 Å². The van der Waals surface area contributed by atoms with E-state index < -0.39 is 0 Å². The highest BCUT2D eigenvalue weighted by Crippen LogP contribution is 2.19. The van der Waals surface area contributed by atoms with Crippen molar-refractivity contribution in [1.82, 2.24) is 5.32 Å². The van der Waals surface area contributed by atoms with Crippen LogP contribution in [0, 0.1) is 5.92 Å². The third-order valence-electron chi connectivity index (χ3n) is 4.33. The number of ketones is 1. The molecule has 1 N–H and O–H groups in total. The van der Waals surface area contributed by atoms with Crippen LogP contribution in [0.2, 0.25) is 0 Å². The molecule has 0 saturated carbocycles. The lowest BCUT2D eigenvalue weighted by Gasteiger charge is -2.19. The number of piperidine rings is 1. The summed E-state index contributed by atoms with van der Waals surface area (Å²) in [4.78, 5) is 35.1. The molecule has 3 rings (SSSR count). The average molecular weight is 363 g/mol. The normalized spacial score (nSPS) is 15.0. The molecule has 5 heteroatoms. The molecule has 5 nitrogen and oxygen atoms in total. The second kappa shape index (κ2) is 8.94. The van der Waals surface area contributed by atoms with E-state index in [1.54, 1.807) is 24.3 Å². The van der Waals surface area contributed by atoms with Gasteiger partial charge in [0.15, 0.2) is 5.78 Å². The van der Waals surface area contributed by atoms with Gasteiger partial charge in [0.25, 0.3) is 0 Å². The molecule has 0 aromatic heterocycles. The summed E-state index contributed by atoms with van der Waals surface area (Å²) >= 11 is 0. The molecule has 1 saturated heterocycles. The van der Waals surface area contributed by atoms with Gasteiger partial charge in [0.1, 0.15) is 12.4 Å². The molecule has 0 aliphatic carbocycles. The van der Waals surface area contributed by atoms with E-state index in [9.17, 15) is 14.4 Å². The second-order valence-corrected chi connectivity index (χ2v) is 6.55.